The van der Waals surface area contributed by atoms with Crippen LogP contribution in [0.4, 0.5) is 4.39 Å². The van der Waals surface area contributed by atoms with Crippen LogP contribution in [0.2, 0.25) is 0 Å². The maximum atomic E-state index is 14.3. The van der Waals surface area contributed by atoms with Crippen LogP contribution >= 0.6 is 0 Å². The lowest BCUT2D eigenvalue weighted by atomic mass is 10.1. The number of fused-ring (bicyclic) bond motifs is 1. The van der Waals surface area contributed by atoms with Crippen molar-refractivity contribution in [1.29, 1.82) is 5.26 Å². The molecule has 0 saturated carbocycles. The molecule has 0 saturated heterocycles. The van der Waals surface area contributed by atoms with E-state index >= 15 is 0 Å². The Morgan fingerprint density at radius 3 is 2.56 bits per heavy atom. The molecule has 0 radical (unpaired) electrons. The number of carbonyl (C=O) groups excluding carboxylic acids is 1. The van der Waals surface area contributed by atoms with E-state index in [0.29, 0.717) is 47.0 Å². The van der Waals surface area contributed by atoms with Crippen LogP contribution in [0.15, 0.2) is 78.9 Å². The van der Waals surface area contributed by atoms with E-state index in [1.807, 2.05) is 47.0 Å². The predicted octanol–water partition coefficient (Wildman–Crippen LogP) is 5.13. The highest BCUT2D eigenvalue weighted by Crippen LogP contribution is 2.25. The summed E-state index contributed by atoms with van der Waals surface area (Å²) >= 11 is 0. The predicted molar refractivity (Wildman–Crippen MR) is 164 cm³/mol. The van der Waals surface area contributed by atoms with Crippen LogP contribution in [0.5, 0.6) is 5.88 Å². The number of pyridine rings is 1. The van der Waals surface area contributed by atoms with Crippen LogP contribution in [0.3, 0.4) is 0 Å². The lowest BCUT2D eigenvalue weighted by Gasteiger charge is -2.19. The fraction of sp³-hybridized carbons (Fsp3) is 0.206. The number of hydrogen-bond donors (Lipinski definition) is 2. The maximum Gasteiger partial charge on any atom is 0.335 e. The lowest BCUT2D eigenvalue weighted by molar-refractivity contribution is -0.119. The van der Waals surface area contributed by atoms with Crippen LogP contribution in [-0.4, -0.2) is 51.3 Å². The number of methoxy groups -OCH3 is 1. The Hall–Kier alpha value is -5.60. The molecule has 1 amide bonds. The second kappa shape index (κ2) is 13.8. The molecule has 0 spiro atoms. The van der Waals surface area contributed by atoms with Crippen molar-refractivity contribution in [3.05, 3.63) is 113 Å². The smallest absolute Gasteiger partial charge is 0.335 e. The highest BCUT2D eigenvalue weighted by molar-refractivity contribution is 5.92. The number of nitrogens with one attached hydrogen (secondary N) is 1. The molecule has 5 aromatic rings. The Kier molecular flexibility index (Phi) is 9.46. The number of nitrogens with zero attached hydrogens (tertiary/aromatic N) is 4. The summed E-state index contributed by atoms with van der Waals surface area (Å²) in [7, 11) is 1.56. The van der Waals surface area contributed by atoms with Gasteiger partial charge in [0.25, 0.3) is 0 Å². The van der Waals surface area contributed by atoms with Gasteiger partial charge >= 0.3 is 5.97 Å². The number of hydrogen-bond acceptors (Lipinski definition) is 7. The number of aromatic nitrogens is 3. The SMILES string of the molecule is CO[C@H](CNC(C)=O)Cn1c(Cc2ccc(-c3cccc(OCc4ccc(C#N)cc4F)n3)cc2)nc2ccc(C(=O)O)cc21. The van der Waals surface area contributed by atoms with E-state index in [-0.39, 0.29) is 36.3 Å². The van der Waals surface area contributed by atoms with Crippen molar-refractivity contribution in [1.82, 2.24) is 19.9 Å². The van der Waals surface area contributed by atoms with Gasteiger partial charge < -0.3 is 24.5 Å². The van der Waals surface area contributed by atoms with Crippen molar-refractivity contribution >= 4 is 22.9 Å². The number of imidazole rings is 1. The Labute approximate surface area is 258 Å². The van der Waals surface area contributed by atoms with E-state index < -0.39 is 11.8 Å². The van der Waals surface area contributed by atoms with Gasteiger partial charge in [0.15, 0.2) is 0 Å². The first-order valence-electron chi connectivity index (χ1n) is 14.1. The van der Waals surface area contributed by atoms with Crippen molar-refractivity contribution in [2.24, 2.45) is 0 Å². The molecule has 0 unspecified atom stereocenters. The highest BCUT2D eigenvalue weighted by Gasteiger charge is 2.18. The van der Waals surface area contributed by atoms with Crippen molar-refractivity contribution in [3.63, 3.8) is 0 Å². The first-order valence-corrected chi connectivity index (χ1v) is 14.1. The second-order valence-electron chi connectivity index (χ2n) is 10.4. The van der Waals surface area contributed by atoms with Gasteiger partial charge in [-0.3, -0.25) is 4.79 Å². The molecule has 0 bridgehead atoms. The Balaban J connectivity index is 1.35. The normalized spacial score (nSPS) is 11.6. The second-order valence-corrected chi connectivity index (χ2v) is 10.4. The first-order chi connectivity index (χ1) is 21.7. The van der Waals surface area contributed by atoms with Crippen LogP contribution in [0, 0.1) is 17.1 Å². The minimum atomic E-state index is -1.03. The van der Waals surface area contributed by atoms with Gasteiger partial charge in [-0.05, 0) is 42.0 Å². The number of carbonyl (C=O) groups is 2. The summed E-state index contributed by atoms with van der Waals surface area (Å²) in [5, 5.41) is 21.3. The monoisotopic (exact) mass is 607 g/mol. The number of aromatic carboxylic acids is 1. The van der Waals surface area contributed by atoms with Gasteiger partial charge in [-0.15, -0.1) is 0 Å². The van der Waals surface area contributed by atoms with E-state index in [4.69, 9.17) is 19.7 Å². The van der Waals surface area contributed by atoms with Gasteiger partial charge in [0.05, 0.1) is 46.6 Å². The molecular formula is C34H30FN5O5. The van der Waals surface area contributed by atoms with Crippen molar-refractivity contribution in [2.75, 3.05) is 13.7 Å². The summed E-state index contributed by atoms with van der Waals surface area (Å²) in [6.45, 7) is 2.05. The minimum Gasteiger partial charge on any atom is -0.478 e. The number of carboxylic acid groups (broad SMARTS) is 1. The van der Waals surface area contributed by atoms with E-state index in [9.17, 15) is 19.1 Å². The zero-order valence-electron chi connectivity index (χ0n) is 24.7. The number of halogens is 1. The molecule has 0 aliphatic heterocycles. The first kappa shape index (κ1) is 30.8. The van der Waals surface area contributed by atoms with Crippen molar-refractivity contribution in [2.45, 2.75) is 32.6 Å². The summed E-state index contributed by atoms with van der Waals surface area (Å²) in [5.41, 5.74) is 4.52. The highest BCUT2D eigenvalue weighted by atomic mass is 19.1. The molecule has 11 heteroatoms. The summed E-state index contributed by atoms with van der Waals surface area (Å²) in [6, 6.07) is 24.1. The molecule has 0 fully saturated rings. The quantitative estimate of drug-likeness (QED) is 0.199. The van der Waals surface area contributed by atoms with E-state index in [1.165, 1.54) is 31.2 Å². The average molecular weight is 608 g/mol. The van der Waals surface area contributed by atoms with E-state index in [0.717, 1.165) is 11.1 Å². The number of benzene rings is 3. The van der Waals surface area contributed by atoms with Gasteiger partial charge in [0, 0.05) is 44.2 Å². The van der Waals surface area contributed by atoms with Crippen LogP contribution in [0.1, 0.15) is 39.8 Å². The molecule has 5 rings (SSSR count). The number of ether oxygens (including phenoxy) is 2. The summed E-state index contributed by atoms with van der Waals surface area (Å²) in [6.07, 6.45) is 0.0932. The summed E-state index contributed by atoms with van der Waals surface area (Å²) in [4.78, 5) is 32.5. The van der Waals surface area contributed by atoms with Gasteiger partial charge in [-0.2, -0.15) is 5.26 Å². The van der Waals surface area contributed by atoms with Crippen molar-refractivity contribution < 1.29 is 28.6 Å². The number of carboxylic acids is 1. The standard InChI is InChI=1S/C34H30FN5O5/c1-21(41)37-18-27(44-2)19-40-31-16-25(34(42)43)12-13-30(31)38-32(40)15-22-6-9-24(10-7-22)29-4-3-5-33(39-29)45-20-26-11-8-23(17-36)14-28(26)35/h3-14,16,27H,15,18-20H2,1-2H3,(H,37,41)(H,42,43)/t27-/m1/s1. The van der Waals surface area contributed by atoms with E-state index in [1.54, 1.807) is 25.3 Å². The molecule has 0 aliphatic rings. The molecule has 228 valence electrons. The van der Waals surface area contributed by atoms with Crippen LogP contribution in [0.25, 0.3) is 22.3 Å². The molecular weight excluding hydrogens is 577 g/mol. The maximum absolute atomic E-state index is 14.3. The molecule has 3 aromatic carbocycles. The Morgan fingerprint density at radius 1 is 1.07 bits per heavy atom. The number of rotatable bonds is 12. The lowest BCUT2D eigenvalue weighted by Crippen LogP contribution is -2.34. The molecule has 0 aliphatic carbocycles. The largest absolute Gasteiger partial charge is 0.478 e. The molecule has 1 atom stereocenters. The minimum absolute atomic E-state index is 0.0311. The fourth-order valence-electron chi connectivity index (χ4n) is 4.85. The number of amides is 1. The van der Waals surface area contributed by atoms with Crippen LogP contribution in [-0.2, 0) is 29.1 Å². The Bertz CT molecular complexity index is 1900. The van der Waals surface area contributed by atoms with Gasteiger partial charge in [0.2, 0.25) is 11.8 Å². The van der Waals surface area contributed by atoms with E-state index in [2.05, 4.69) is 10.3 Å². The Morgan fingerprint density at radius 2 is 1.87 bits per heavy atom. The number of nitriles is 1. The fourth-order valence-corrected chi connectivity index (χ4v) is 4.85. The van der Waals surface area contributed by atoms with Gasteiger partial charge in [-0.1, -0.05) is 36.4 Å². The topological polar surface area (TPSA) is 139 Å². The molecule has 2 N–H and O–H groups in total. The molecule has 2 aromatic heterocycles. The van der Waals surface area contributed by atoms with Gasteiger partial charge in [-0.25, -0.2) is 19.2 Å². The summed E-state index contributed by atoms with van der Waals surface area (Å²) in [5.74, 6) is -0.668. The van der Waals surface area contributed by atoms with Crippen molar-refractivity contribution in [3.8, 4) is 23.2 Å². The third-order valence-electron chi connectivity index (χ3n) is 7.27. The molecule has 45 heavy (non-hydrogen) atoms. The zero-order chi connectivity index (χ0) is 31.9. The average Bonchev–Trinajstić information content (AvgIpc) is 3.38. The zero-order valence-corrected chi connectivity index (χ0v) is 24.7. The van der Waals surface area contributed by atoms with Gasteiger partial charge in [0.1, 0.15) is 18.2 Å². The summed E-state index contributed by atoms with van der Waals surface area (Å²) < 4.78 is 27.5. The van der Waals surface area contributed by atoms with Crippen LogP contribution < -0.4 is 10.1 Å². The third kappa shape index (κ3) is 7.49. The molecule has 10 nitrogen and oxygen atoms in total. The molecule has 2 heterocycles. The third-order valence-corrected chi connectivity index (χ3v) is 7.27.